The average molecular weight is 633 g/mol. The molecule has 0 bridgehead atoms. The zero-order valence-electron chi connectivity index (χ0n) is 25.9. The predicted molar refractivity (Wildman–Crippen MR) is 169 cm³/mol. The fourth-order valence-corrected chi connectivity index (χ4v) is 7.53. The van der Waals surface area contributed by atoms with E-state index in [1.807, 2.05) is 0 Å². The minimum absolute atomic E-state index is 0.121. The summed E-state index contributed by atoms with van der Waals surface area (Å²) >= 11 is 0.883. The van der Waals surface area contributed by atoms with Crippen LogP contribution in [0.15, 0.2) is 5.16 Å². The highest BCUT2D eigenvalue weighted by Crippen LogP contribution is 2.24. The Morgan fingerprint density at radius 1 is 0.952 bits per heavy atom. The molecule has 2 amide bonds. The number of carbonyl (C=O) groups excluding carboxylic acids is 1. The fraction of sp³-hybridized carbons (Fsp3) is 0.897. The fourth-order valence-electron chi connectivity index (χ4n) is 5.42. The number of piperidine rings is 1. The number of hydrogen-bond acceptors (Lipinski definition) is 9. The third kappa shape index (κ3) is 14.8. The van der Waals surface area contributed by atoms with Gasteiger partial charge in [-0.1, -0.05) is 104 Å². The standard InChI is InChI=1S/C29H56N6O5S2/c1-3-5-7-9-11-12-14-16-18-25(17-15-13-10-8-6-4-2)23-30-27(36)32-33-28-31-29(34-41-28)42(38,39)35-21-19-26(20-22-35)24-40-37/h25-26,37H,3-24H2,1-2H3,(H2,30,32,36)(H,31,33,34). The molecule has 0 spiro atoms. The molecule has 244 valence electrons. The zero-order chi connectivity index (χ0) is 30.5. The van der Waals surface area contributed by atoms with E-state index in [1.165, 1.54) is 94.2 Å². The Morgan fingerprint density at radius 3 is 2.05 bits per heavy atom. The summed E-state index contributed by atoms with van der Waals surface area (Å²) in [6.07, 6.45) is 21.4. The molecule has 4 N–H and O–H groups in total. The largest absolute Gasteiger partial charge is 0.336 e. The van der Waals surface area contributed by atoms with Crippen LogP contribution in [0.5, 0.6) is 0 Å². The van der Waals surface area contributed by atoms with Gasteiger partial charge in [0, 0.05) is 31.2 Å². The van der Waals surface area contributed by atoms with Gasteiger partial charge in [0.25, 0.3) is 15.2 Å². The predicted octanol–water partition coefficient (Wildman–Crippen LogP) is 6.95. The molecule has 0 aliphatic carbocycles. The Labute approximate surface area is 258 Å². The lowest BCUT2D eigenvalue weighted by molar-refractivity contribution is -0.252. The Kier molecular flexibility index (Phi) is 19.2. The van der Waals surface area contributed by atoms with E-state index in [2.05, 4.69) is 44.3 Å². The number of nitrogens with zero attached hydrogens (tertiary/aromatic N) is 3. The van der Waals surface area contributed by atoms with E-state index in [0.29, 0.717) is 38.4 Å². The highest BCUT2D eigenvalue weighted by molar-refractivity contribution is 7.89. The molecule has 1 aromatic rings. The smallest absolute Gasteiger partial charge is 0.333 e. The molecule has 1 unspecified atom stereocenters. The normalized spacial score (nSPS) is 15.5. The van der Waals surface area contributed by atoms with Crippen molar-refractivity contribution in [3.05, 3.63) is 0 Å². The van der Waals surface area contributed by atoms with E-state index in [1.54, 1.807) is 0 Å². The minimum Gasteiger partial charge on any atom is -0.336 e. The van der Waals surface area contributed by atoms with Gasteiger partial charge >= 0.3 is 6.03 Å². The third-order valence-electron chi connectivity index (χ3n) is 8.13. The van der Waals surface area contributed by atoms with Crippen molar-refractivity contribution >= 4 is 32.7 Å². The maximum Gasteiger partial charge on any atom is 0.333 e. The van der Waals surface area contributed by atoms with Gasteiger partial charge in [-0.3, -0.25) is 10.7 Å². The first-order chi connectivity index (χ1) is 20.4. The third-order valence-corrected chi connectivity index (χ3v) is 10.6. The summed E-state index contributed by atoms with van der Waals surface area (Å²) in [6, 6.07) is -0.369. The molecule has 1 aliphatic rings. The van der Waals surface area contributed by atoms with Gasteiger partial charge < -0.3 is 5.32 Å². The van der Waals surface area contributed by atoms with E-state index >= 15 is 0 Å². The number of carbonyl (C=O) groups is 1. The van der Waals surface area contributed by atoms with Gasteiger partial charge in [-0.2, -0.15) is 13.7 Å². The van der Waals surface area contributed by atoms with Crippen LogP contribution in [0.2, 0.25) is 0 Å². The number of rotatable bonds is 24. The topological polar surface area (TPSA) is 146 Å². The second-order valence-corrected chi connectivity index (χ2v) is 14.3. The quantitative estimate of drug-likeness (QED) is 0.0544. The summed E-state index contributed by atoms with van der Waals surface area (Å²) < 4.78 is 31.2. The molecular formula is C29H56N6O5S2. The molecule has 1 atom stereocenters. The number of hydrazine groups is 1. The number of nitrogens with one attached hydrogen (secondary N) is 3. The van der Waals surface area contributed by atoms with Crippen molar-refractivity contribution < 1.29 is 23.4 Å². The minimum atomic E-state index is -3.83. The van der Waals surface area contributed by atoms with Crippen molar-refractivity contribution in [2.24, 2.45) is 11.8 Å². The van der Waals surface area contributed by atoms with Crippen LogP contribution < -0.4 is 16.2 Å². The van der Waals surface area contributed by atoms with Gasteiger partial charge in [0.1, 0.15) is 0 Å². The Morgan fingerprint density at radius 2 is 1.50 bits per heavy atom. The highest BCUT2D eigenvalue weighted by atomic mass is 32.2. The Hall–Kier alpha value is -1.54. The molecule has 1 aliphatic heterocycles. The van der Waals surface area contributed by atoms with E-state index in [0.717, 1.165) is 24.4 Å². The van der Waals surface area contributed by atoms with Crippen LogP contribution in [0, 0.1) is 11.8 Å². The van der Waals surface area contributed by atoms with Crippen LogP contribution >= 0.6 is 11.5 Å². The molecule has 0 radical (unpaired) electrons. The monoisotopic (exact) mass is 632 g/mol. The van der Waals surface area contributed by atoms with Gasteiger partial charge in [-0.05, 0) is 37.5 Å². The van der Waals surface area contributed by atoms with Crippen molar-refractivity contribution in [1.29, 1.82) is 0 Å². The first-order valence-corrected chi connectivity index (χ1v) is 18.5. The molecule has 0 saturated carbocycles. The van der Waals surface area contributed by atoms with E-state index in [9.17, 15) is 13.2 Å². The van der Waals surface area contributed by atoms with Crippen molar-refractivity contribution in [2.45, 2.75) is 135 Å². The van der Waals surface area contributed by atoms with Crippen molar-refractivity contribution in [3.8, 4) is 0 Å². The van der Waals surface area contributed by atoms with Crippen LogP contribution in [0.4, 0.5) is 9.93 Å². The number of amides is 2. The summed E-state index contributed by atoms with van der Waals surface area (Å²) in [5, 5.41) is 11.5. The van der Waals surface area contributed by atoms with Gasteiger partial charge in [-0.15, -0.1) is 0 Å². The molecule has 11 nitrogen and oxygen atoms in total. The molecule has 2 rings (SSSR count). The summed E-state index contributed by atoms with van der Waals surface area (Å²) in [6.45, 7) is 5.93. The van der Waals surface area contributed by atoms with Gasteiger partial charge in [0.15, 0.2) is 0 Å². The molecular weight excluding hydrogens is 576 g/mol. The Bertz CT molecular complexity index is 941. The highest BCUT2D eigenvalue weighted by Gasteiger charge is 2.32. The van der Waals surface area contributed by atoms with Gasteiger partial charge in [0.05, 0.1) is 6.61 Å². The average Bonchev–Trinajstić information content (AvgIpc) is 3.48. The molecule has 1 aromatic heterocycles. The number of urea groups is 1. The zero-order valence-corrected chi connectivity index (χ0v) is 27.6. The van der Waals surface area contributed by atoms with Crippen molar-refractivity contribution in [3.63, 3.8) is 0 Å². The van der Waals surface area contributed by atoms with E-state index in [-0.39, 0.29) is 28.8 Å². The maximum absolute atomic E-state index is 12.9. The van der Waals surface area contributed by atoms with E-state index < -0.39 is 10.0 Å². The molecule has 0 aromatic carbocycles. The second-order valence-electron chi connectivity index (χ2n) is 11.7. The number of hydrogen-bond donors (Lipinski definition) is 4. The Balaban J connectivity index is 1.74. The molecule has 1 saturated heterocycles. The summed E-state index contributed by atoms with van der Waals surface area (Å²) in [4.78, 5) is 20.8. The SMILES string of the molecule is CCCCCCCCCCC(CCCCCCCC)CNC(=O)NNc1nc(S(=O)(=O)N2CCC(COO)CC2)ns1. The van der Waals surface area contributed by atoms with Crippen molar-refractivity contribution in [1.82, 2.24) is 24.4 Å². The maximum atomic E-state index is 12.9. The van der Waals surface area contributed by atoms with Crippen LogP contribution in [0.1, 0.15) is 129 Å². The molecule has 1 fully saturated rings. The first kappa shape index (κ1) is 36.7. The van der Waals surface area contributed by atoms with Crippen molar-refractivity contribution in [2.75, 3.05) is 31.7 Å². The van der Waals surface area contributed by atoms with Gasteiger partial charge in [-0.25, -0.2) is 23.5 Å². The van der Waals surface area contributed by atoms with Crippen LogP contribution in [0.3, 0.4) is 0 Å². The summed E-state index contributed by atoms with van der Waals surface area (Å²) in [5.74, 6) is 0.573. The molecule has 13 heteroatoms. The number of unbranched alkanes of at least 4 members (excludes halogenated alkanes) is 12. The lowest BCUT2D eigenvalue weighted by Crippen LogP contribution is -2.41. The van der Waals surface area contributed by atoms with Crippen LogP contribution in [0.25, 0.3) is 0 Å². The number of sulfonamides is 1. The molecule has 42 heavy (non-hydrogen) atoms. The lowest BCUT2D eigenvalue weighted by Gasteiger charge is -2.29. The number of aromatic nitrogens is 2. The van der Waals surface area contributed by atoms with Gasteiger partial charge in [0.2, 0.25) is 5.13 Å². The number of anilines is 1. The van der Waals surface area contributed by atoms with Crippen LogP contribution in [-0.2, 0) is 14.9 Å². The van der Waals surface area contributed by atoms with E-state index in [4.69, 9.17) is 5.26 Å². The lowest BCUT2D eigenvalue weighted by atomic mass is 9.94. The van der Waals surface area contributed by atoms with Crippen LogP contribution in [-0.4, -0.2) is 59.6 Å². The summed E-state index contributed by atoms with van der Waals surface area (Å²) in [7, 11) is -3.83. The molecule has 2 heterocycles. The first-order valence-electron chi connectivity index (χ1n) is 16.3. The summed E-state index contributed by atoms with van der Waals surface area (Å²) in [5.41, 5.74) is 5.27. The second kappa shape index (κ2) is 22.0.